The van der Waals surface area contributed by atoms with Crippen LogP contribution in [0.3, 0.4) is 0 Å². The van der Waals surface area contributed by atoms with E-state index in [9.17, 15) is 0 Å². The molecule has 4 heterocycles. The standard InChI is InChI=1S/C69H56N5O.Pt/c1-45-36-66(70-43-60(45)47-22-17-24-51(37-47)73-61-30-14-11-26-56(61)57-27-12-15-31-62(57)73)74-63-32-16-13-28-58(63)59-35-34-54(42-65(59)74)75-53-25-18-23-50(41-53)71-44-72(52-39-48(68(2,3)4)38-49(40-52)69(5,6)7)67-55(29-19-33-64(67)71)46-20-9-8-10-21-46;/h8-40,43-44H,1-7H3;/q-3;. The summed E-state index contributed by atoms with van der Waals surface area (Å²) in [6, 6.07) is 78.7. The van der Waals surface area contributed by atoms with E-state index in [1.54, 1.807) is 0 Å². The van der Waals surface area contributed by atoms with Crippen molar-refractivity contribution in [1.29, 1.82) is 0 Å². The van der Waals surface area contributed by atoms with Gasteiger partial charge in [0.05, 0.1) is 11.0 Å². The zero-order valence-electron chi connectivity index (χ0n) is 43.7. The molecule has 376 valence electrons. The van der Waals surface area contributed by atoms with Crippen LogP contribution in [0.5, 0.6) is 11.5 Å². The Bertz CT molecular complexity index is 4110. The number of hydrogen-bond acceptors (Lipinski definition) is 4. The number of benzene rings is 9. The van der Waals surface area contributed by atoms with Crippen LogP contribution in [0.1, 0.15) is 58.2 Å². The maximum atomic E-state index is 6.77. The van der Waals surface area contributed by atoms with Crippen LogP contribution in [0.15, 0.2) is 206 Å². The van der Waals surface area contributed by atoms with Gasteiger partial charge in [-0.3, -0.25) is 0 Å². The van der Waals surface area contributed by atoms with Gasteiger partial charge in [-0.25, -0.2) is 4.98 Å². The Morgan fingerprint density at radius 1 is 0.474 bits per heavy atom. The number of fused-ring (bicyclic) bond motifs is 7. The first kappa shape index (κ1) is 48.7. The number of aromatic nitrogens is 3. The Morgan fingerprint density at radius 3 is 1.74 bits per heavy atom. The quantitative estimate of drug-likeness (QED) is 0.142. The zero-order valence-corrected chi connectivity index (χ0v) is 45.9. The average Bonchev–Trinajstić information content (AvgIpc) is 4.11. The van der Waals surface area contributed by atoms with Gasteiger partial charge >= 0.3 is 0 Å². The minimum absolute atomic E-state index is 0. The summed E-state index contributed by atoms with van der Waals surface area (Å²) in [5.41, 5.74) is 17.7. The fourth-order valence-corrected chi connectivity index (χ4v) is 11.0. The molecule has 76 heavy (non-hydrogen) atoms. The van der Waals surface area contributed by atoms with E-state index >= 15 is 0 Å². The van der Waals surface area contributed by atoms with E-state index in [4.69, 9.17) is 9.72 Å². The van der Waals surface area contributed by atoms with Crippen LogP contribution in [0.4, 0.5) is 22.7 Å². The summed E-state index contributed by atoms with van der Waals surface area (Å²) in [5, 5.41) is 4.68. The van der Waals surface area contributed by atoms with Crippen LogP contribution in [0.25, 0.3) is 77.4 Å². The van der Waals surface area contributed by atoms with E-state index < -0.39 is 0 Å². The Hall–Kier alpha value is -8.18. The second kappa shape index (κ2) is 18.9. The summed E-state index contributed by atoms with van der Waals surface area (Å²) in [4.78, 5) is 9.79. The van der Waals surface area contributed by atoms with Gasteiger partial charge in [-0.05, 0) is 106 Å². The SMILES string of the molecule is Cc1cc(-n2c3[c-]c(Oc4[c-]c(N5[CH-]N(c6cc(C(C)(C)C)cc(C(C)(C)C)c6)c6c(-c7ccccc7)cccc65)ccc4)ccc3c3ccccc32)ncc1-c1cccc(-n2c3ccccc3c3ccccc32)c1.[Pt]. The van der Waals surface area contributed by atoms with Crippen molar-refractivity contribution in [3.05, 3.63) is 242 Å². The molecule has 0 saturated heterocycles. The Morgan fingerprint density at radius 2 is 1.07 bits per heavy atom. The van der Waals surface area contributed by atoms with Crippen LogP contribution in [-0.2, 0) is 31.9 Å². The average molecular weight is 1170 g/mol. The van der Waals surface area contributed by atoms with Crippen molar-refractivity contribution in [2.45, 2.75) is 59.3 Å². The molecule has 0 N–H and O–H groups in total. The molecule has 6 nitrogen and oxygen atoms in total. The Kier molecular flexibility index (Phi) is 12.1. The largest absolute Gasteiger partial charge is 0.509 e. The topological polar surface area (TPSA) is 38.5 Å². The van der Waals surface area contributed by atoms with Gasteiger partial charge in [0, 0.05) is 88.9 Å². The van der Waals surface area contributed by atoms with E-state index in [1.165, 1.54) is 32.9 Å². The number of aryl methyl sites for hydroxylation is 1. The minimum Gasteiger partial charge on any atom is -0.509 e. The van der Waals surface area contributed by atoms with E-state index in [0.29, 0.717) is 11.5 Å². The van der Waals surface area contributed by atoms with Crippen molar-refractivity contribution in [3.8, 4) is 45.3 Å². The number of rotatable bonds is 8. The summed E-state index contributed by atoms with van der Waals surface area (Å²) in [5.74, 6) is 1.99. The van der Waals surface area contributed by atoms with Gasteiger partial charge in [-0.2, -0.15) is 12.1 Å². The van der Waals surface area contributed by atoms with Gasteiger partial charge in [0.15, 0.2) is 0 Å². The van der Waals surface area contributed by atoms with Crippen molar-refractivity contribution in [2.75, 3.05) is 9.80 Å². The van der Waals surface area contributed by atoms with Crippen LogP contribution in [0.2, 0.25) is 0 Å². The molecule has 3 aromatic heterocycles. The summed E-state index contributed by atoms with van der Waals surface area (Å²) in [6.07, 6.45) is 2.01. The van der Waals surface area contributed by atoms with Crippen molar-refractivity contribution in [2.24, 2.45) is 0 Å². The van der Waals surface area contributed by atoms with E-state index in [1.807, 2.05) is 24.4 Å². The minimum atomic E-state index is -0.0466. The van der Waals surface area contributed by atoms with Gasteiger partial charge in [-0.1, -0.05) is 162 Å². The Balaban J connectivity index is 0.00000582. The molecule has 1 aliphatic rings. The summed E-state index contributed by atoms with van der Waals surface area (Å²) >= 11 is 0. The maximum absolute atomic E-state index is 6.77. The molecule has 0 radical (unpaired) electrons. The van der Waals surface area contributed by atoms with Crippen LogP contribution < -0.4 is 14.5 Å². The number of para-hydroxylation sites is 4. The second-order valence-electron chi connectivity index (χ2n) is 21.9. The third kappa shape index (κ3) is 8.46. The molecule has 0 aliphatic carbocycles. The fraction of sp³-hybridized carbons (Fsp3) is 0.130. The van der Waals surface area contributed by atoms with Gasteiger partial charge < -0.3 is 23.7 Å². The van der Waals surface area contributed by atoms with Gasteiger partial charge in [0.1, 0.15) is 5.82 Å². The molecule has 7 heteroatoms. The molecule has 0 spiro atoms. The monoisotopic (exact) mass is 1170 g/mol. The number of pyridine rings is 1. The molecular formula is C69H56N5OPt-3. The van der Waals surface area contributed by atoms with Gasteiger partial charge in [0.25, 0.3) is 0 Å². The second-order valence-corrected chi connectivity index (χ2v) is 21.9. The molecular weight excluding hydrogens is 1110 g/mol. The van der Waals surface area contributed by atoms with E-state index in [-0.39, 0.29) is 31.9 Å². The first-order valence-corrected chi connectivity index (χ1v) is 25.9. The smallest absolute Gasteiger partial charge is 0.135 e. The molecule has 0 unspecified atom stereocenters. The third-order valence-electron chi connectivity index (χ3n) is 14.9. The normalized spacial score (nSPS) is 12.7. The molecule has 9 aromatic carbocycles. The summed E-state index contributed by atoms with van der Waals surface area (Å²) in [7, 11) is 0. The first-order valence-electron chi connectivity index (χ1n) is 25.9. The fourth-order valence-electron chi connectivity index (χ4n) is 11.0. The van der Waals surface area contributed by atoms with Crippen LogP contribution in [-0.4, -0.2) is 14.1 Å². The molecule has 0 fully saturated rings. The predicted molar refractivity (Wildman–Crippen MR) is 312 cm³/mol. The van der Waals surface area contributed by atoms with Gasteiger partial charge in [-0.15, -0.1) is 48.1 Å². The number of nitrogens with zero attached hydrogens (tertiary/aromatic N) is 5. The van der Waals surface area contributed by atoms with Crippen molar-refractivity contribution in [1.82, 2.24) is 14.1 Å². The van der Waals surface area contributed by atoms with Crippen LogP contribution in [0, 0.1) is 25.7 Å². The Labute approximate surface area is 459 Å². The molecule has 13 rings (SSSR count). The van der Waals surface area contributed by atoms with Gasteiger partial charge in [0.2, 0.25) is 0 Å². The molecule has 1 aliphatic heterocycles. The van der Waals surface area contributed by atoms with Crippen molar-refractivity contribution < 1.29 is 25.8 Å². The molecule has 0 atom stereocenters. The summed E-state index contributed by atoms with van der Waals surface area (Å²) in [6.45, 7) is 18.1. The third-order valence-corrected chi connectivity index (χ3v) is 14.9. The molecule has 0 bridgehead atoms. The van der Waals surface area contributed by atoms with Crippen molar-refractivity contribution >= 4 is 66.4 Å². The van der Waals surface area contributed by atoms with E-state index in [0.717, 1.165) is 83.9 Å². The molecule has 0 amide bonds. The molecule has 12 aromatic rings. The number of ether oxygens (including phenoxy) is 1. The number of anilines is 4. The zero-order chi connectivity index (χ0) is 51.2. The number of hydrogen-bond donors (Lipinski definition) is 0. The molecule has 0 saturated carbocycles. The predicted octanol–water partition coefficient (Wildman–Crippen LogP) is 18.3. The van der Waals surface area contributed by atoms with E-state index in [2.05, 4.69) is 268 Å². The maximum Gasteiger partial charge on any atom is 0.135 e. The first-order chi connectivity index (χ1) is 36.4. The summed E-state index contributed by atoms with van der Waals surface area (Å²) < 4.78 is 11.3. The van der Waals surface area contributed by atoms with Crippen LogP contribution >= 0.6 is 0 Å². The van der Waals surface area contributed by atoms with Crippen molar-refractivity contribution in [3.63, 3.8) is 0 Å².